The summed E-state index contributed by atoms with van der Waals surface area (Å²) in [5.41, 5.74) is 0.744. The molecule has 0 aliphatic heterocycles. The molecule has 1 aromatic rings. The Labute approximate surface area is 103 Å². The summed E-state index contributed by atoms with van der Waals surface area (Å²) in [7, 11) is 0. The third kappa shape index (κ3) is 2.65. The third-order valence-electron chi connectivity index (χ3n) is 3.55. The molecule has 0 radical (unpaired) electrons. The van der Waals surface area contributed by atoms with Crippen LogP contribution in [0.25, 0.3) is 0 Å². The largest absolute Gasteiger partial charge is 0.356 e. The number of hydrogen-bond acceptors (Lipinski definition) is 3. The molecule has 3 nitrogen and oxygen atoms in total. The average molecular weight is 232 g/mol. The molecule has 1 aliphatic rings. The van der Waals surface area contributed by atoms with Crippen molar-refractivity contribution in [1.82, 2.24) is 4.98 Å². The molecule has 0 atom stereocenters. The Morgan fingerprint density at radius 3 is 2.82 bits per heavy atom. The van der Waals surface area contributed by atoms with E-state index in [1.807, 2.05) is 12.1 Å². The molecule has 92 valence electrons. The van der Waals surface area contributed by atoms with Crippen LogP contribution in [-0.4, -0.2) is 23.9 Å². The summed E-state index contributed by atoms with van der Waals surface area (Å²) in [5.74, 6) is 1.74. The lowest BCUT2D eigenvalue weighted by Gasteiger charge is -2.33. The molecule has 0 amide bonds. The number of pyridine rings is 1. The molecule has 0 aromatic carbocycles. The fourth-order valence-electron chi connectivity index (χ4n) is 2.28. The van der Waals surface area contributed by atoms with Gasteiger partial charge in [0.15, 0.2) is 5.78 Å². The molecule has 1 aliphatic carbocycles. The summed E-state index contributed by atoms with van der Waals surface area (Å²) in [6, 6.07) is 3.70. The van der Waals surface area contributed by atoms with Gasteiger partial charge in [-0.15, -0.1) is 0 Å². The molecular weight excluding hydrogens is 212 g/mol. The van der Waals surface area contributed by atoms with E-state index in [0.29, 0.717) is 0 Å². The minimum atomic E-state index is 0.0974. The monoisotopic (exact) mass is 232 g/mol. The van der Waals surface area contributed by atoms with Crippen LogP contribution in [0.2, 0.25) is 0 Å². The van der Waals surface area contributed by atoms with Crippen molar-refractivity contribution in [3.05, 3.63) is 23.9 Å². The van der Waals surface area contributed by atoms with E-state index in [1.165, 1.54) is 19.3 Å². The van der Waals surface area contributed by atoms with Crippen molar-refractivity contribution in [2.75, 3.05) is 18.0 Å². The summed E-state index contributed by atoms with van der Waals surface area (Å²) in [4.78, 5) is 18.2. The van der Waals surface area contributed by atoms with Crippen molar-refractivity contribution in [2.45, 2.75) is 33.1 Å². The van der Waals surface area contributed by atoms with Gasteiger partial charge in [-0.1, -0.05) is 6.42 Å². The van der Waals surface area contributed by atoms with E-state index < -0.39 is 0 Å². The highest BCUT2D eigenvalue weighted by atomic mass is 16.1. The quantitative estimate of drug-likeness (QED) is 0.732. The fourth-order valence-corrected chi connectivity index (χ4v) is 2.28. The van der Waals surface area contributed by atoms with E-state index in [4.69, 9.17) is 0 Å². The second kappa shape index (κ2) is 5.30. The highest BCUT2D eigenvalue weighted by molar-refractivity contribution is 5.98. The maximum atomic E-state index is 11.6. The number of carbonyl (C=O) groups is 1. The van der Waals surface area contributed by atoms with Crippen molar-refractivity contribution in [2.24, 2.45) is 5.92 Å². The number of rotatable bonds is 5. The molecule has 0 N–H and O–H groups in total. The number of Topliss-reactive ketones (excluding diaryl/α,β-unsaturated/α-hetero) is 1. The van der Waals surface area contributed by atoms with Gasteiger partial charge in [-0.3, -0.25) is 4.79 Å². The Balaban J connectivity index is 2.19. The van der Waals surface area contributed by atoms with Gasteiger partial charge < -0.3 is 4.90 Å². The average Bonchev–Trinajstić information content (AvgIpc) is 2.28. The van der Waals surface area contributed by atoms with Gasteiger partial charge in [0.25, 0.3) is 0 Å². The number of anilines is 1. The number of ketones is 1. The fraction of sp³-hybridized carbons (Fsp3) is 0.571. The molecule has 1 saturated carbocycles. The van der Waals surface area contributed by atoms with Crippen LogP contribution in [-0.2, 0) is 0 Å². The smallest absolute Gasteiger partial charge is 0.163 e. The van der Waals surface area contributed by atoms with Crippen LogP contribution >= 0.6 is 0 Å². The summed E-state index contributed by atoms with van der Waals surface area (Å²) >= 11 is 0. The molecule has 0 saturated heterocycles. The Morgan fingerprint density at radius 1 is 1.53 bits per heavy atom. The Morgan fingerprint density at radius 2 is 2.29 bits per heavy atom. The highest BCUT2D eigenvalue weighted by Crippen LogP contribution is 2.29. The number of carbonyl (C=O) groups excluding carboxylic acids is 1. The van der Waals surface area contributed by atoms with Gasteiger partial charge in [-0.2, -0.15) is 0 Å². The van der Waals surface area contributed by atoms with Crippen molar-refractivity contribution in [3.63, 3.8) is 0 Å². The van der Waals surface area contributed by atoms with E-state index in [9.17, 15) is 4.79 Å². The zero-order valence-corrected chi connectivity index (χ0v) is 10.6. The van der Waals surface area contributed by atoms with Crippen LogP contribution in [0.15, 0.2) is 18.3 Å². The lowest BCUT2D eigenvalue weighted by molar-refractivity contribution is 0.101. The van der Waals surface area contributed by atoms with Crippen molar-refractivity contribution in [1.29, 1.82) is 0 Å². The molecule has 2 rings (SSSR count). The van der Waals surface area contributed by atoms with Crippen LogP contribution < -0.4 is 4.90 Å². The predicted molar refractivity (Wildman–Crippen MR) is 69.5 cm³/mol. The molecule has 17 heavy (non-hydrogen) atoms. The first kappa shape index (κ1) is 12.1. The van der Waals surface area contributed by atoms with Crippen LogP contribution in [0.5, 0.6) is 0 Å². The molecular formula is C14H20N2O. The number of hydrogen-bond donors (Lipinski definition) is 0. The summed E-state index contributed by atoms with van der Waals surface area (Å²) in [6.45, 7) is 5.68. The molecule has 1 aromatic heterocycles. The van der Waals surface area contributed by atoms with Crippen molar-refractivity contribution < 1.29 is 4.79 Å². The summed E-state index contributed by atoms with van der Waals surface area (Å²) < 4.78 is 0. The normalized spacial score (nSPS) is 15.4. The van der Waals surface area contributed by atoms with Gasteiger partial charge in [-0.25, -0.2) is 4.98 Å². The molecule has 0 bridgehead atoms. The Hall–Kier alpha value is -1.38. The van der Waals surface area contributed by atoms with Gasteiger partial charge in [0.2, 0.25) is 0 Å². The topological polar surface area (TPSA) is 33.2 Å². The second-order valence-electron chi connectivity index (χ2n) is 4.77. The lowest BCUT2D eigenvalue weighted by Crippen LogP contribution is -2.33. The van der Waals surface area contributed by atoms with E-state index in [2.05, 4.69) is 16.8 Å². The molecule has 1 fully saturated rings. The molecule has 0 spiro atoms. The first-order chi connectivity index (χ1) is 8.22. The number of nitrogens with zero attached hydrogens (tertiary/aromatic N) is 2. The van der Waals surface area contributed by atoms with Gasteiger partial charge in [0.1, 0.15) is 5.82 Å². The maximum Gasteiger partial charge on any atom is 0.163 e. The first-order valence-electron chi connectivity index (χ1n) is 6.43. The van der Waals surface area contributed by atoms with Crippen LogP contribution in [0, 0.1) is 5.92 Å². The van der Waals surface area contributed by atoms with Crippen LogP contribution in [0.4, 0.5) is 5.82 Å². The van der Waals surface area contributed by atoms with Gasteiger partial charge in [0, 0.05) is 19.3 Å². The zero-order valence-electron chi connectivity index (χ0n) is 10.6. The standard InChI is InChI=1S/C14H20N2O/c1-3-16(10-12-6-4-7-12)14-13(11(2)17)8-5-9-15-14/h5,8-9,12H,3-4,6-7,10H2,1-2H3. The van der Waals surface area contributed by atoms with Crippen molar-refractivity contribution in [3.8, 4) is 0 Å². The third-order valence-corrected chi connectivity index (χ3v) is 3.55. The van der Waals surface area contributed by atoms with E-state index in [-0.39, 0.29) is 5.78 Å². The zero-order chi connectivity index (χ0) is 12.3. The van der Waals surface area contributed by atoms with E-state index in [0.717, 1.165) is 30.4 Å². The maximum absolute atomic E-state index is 11.6. The predicted octanol–water partition coefficient (Wildman–Crippen LogP) is 2.91. The first-order valence-corrected chi connectivity index (χ1v) is 6.43. The summed E-state index contributed by atoms with van der Waals surface area (Å²) in [5, 5.41) is 0. The highest BCUT2D eigenvalue weighted by Gasteiger charge is 2.22. The van der Waals surface area contributed by atoms with Gasteiger partial charge in [-0.05, 0) is 44.7 Å². The lowest BCUT2D eigenvalue weighted by atomic mass is 9.85. The Kier molecular flexibility index (Phi) is 3.77. The van der Waals surface area contributed by atoms with Crippen LogP contribution in [0.3, 0.4) is 0 Å². The molecule has 1 heterocycles. The van der Waals surface area contributed by atoms with Gasteiger partial charge in [0.05, 0.1) is 5.56 Å². The summed E-state index contributed by atoms with van der Waals surface area (Å²) in [6.07, 6.45) is 5.76. The SMILES string of the molecule is CCN(CC1CCC1)c1ncccc1C(C)=O. The minimum absolute atomic E-state index is 0.0974. The van der Waals surface area contributed by atoms with Gasteiger partial charge >= 0.3 is 0 Å². The molecule has 0 unspecified atom stereocenters. The van der Waals surface area contributed by atoms with E-state index in [1.54, 1.807) is 13.1 Å². The minimum Gasteiger partial charge on any atom is -0.356 e. The Bertz CT molecular complexity index is 399. The van der Waals surface area contributed by atoms with E-state index >= 15 is 0 Å². The van der Waals surface area contributed by atoms with Crippen molar-refractivity contribution >= 4 is 11.6 Å². The number of aromatic nitrogens is 1. The second-order valence-corrected chi connectivity index (χ2v) is 4.77. The molecule has 3 heteroatoms. The van der Waals surface area contributed by atoms with Crippen LogP contribution in [0.1, 0.15) is 43.5 Å².